The number of nitrogens with zero attached hydrogens (tertiary/aromatic N) is 6. The van der Waals surface area contributed by atoms with Gasteiger partial charge in [-0.1, -0.05) is 62.2 Å². The molecule has 16 nitrogen and oxygen atoms in total. The molecule has 0 saturated carbocycles. The number of nitrogens with one attached hydrogen (secondary N) is 2. The van der Waals surface area contributed by atoms with Crippen LogP contribution in [0.3, 0.4) is 0 Å². The minimum absolute atomic E-state index is 0.0203. The van der Waals surface area contributed by atoms with Crippen LogP contribution in [-0.4, -0.2) is 60.6 Å². The van der Waals surface area contributed by atoms with E-state index in [-0.39, 0.29) is 55.3 Å². The highest BCUT2D eigenvalue weighted by Gasteiger charge is 2.30. The third-order valence-corrected chi connectivity index (χ3v) is 10.9. The molecule has 5 aromatic rings. The molecule has 0 radical (unpaired) electrons. The van der Waals surface area contributed by atoms with Gasteiger partial charge in [0.2, 0.25) is 0 Å². The Morgan fingerprint density at radius 2 is 1.52 bits per heavy atom. The largest absolute Gasteiger partial charge is 0.372 e. The van der Waals surface area contributed by atoms with Gasteiger partial charge in [-0.25, -0.2) is 4.68 Å². The average Bonchev–Trinajstić information content (AvgIpc) is 3.52. The van der Waals surface area contributed by atoms with Crippen LogP contribution in [-0.2, 0) is 25.7 Å². The van der Waals surface area contributed by atoms with Crippen LogP contribution in [0, 0.1) is 11.3 Å². The lowest BCUT2D eigenvalue weighted by molar-refractivity contribution is 0.101. The van der Waals surface area contributed by atoms with Crippen molar-refractivity contribution in [3.05, 3.63) is 111 Å². The molecule has 4 N–H and O–H groups in total. The van der Waals surface area contributed by atoms with E-state index < -0.39 is 47.3 Å². The summed E-state index contributed by atoms with van der Waals surface area (Å²) < 4.78 is 67.8. The summed E-state index contributed by atoms with van der Waals surface area (Å²) in [5, 5.41) is 29.1. The minimum atomic E-state index is -4.76. The van der Waals surface area contributed by atoms with Crippen LogP contribution in [0.2, 0.25) is 10.0 Å². The molecule has 1 aromatic heterocycles. The lowest BCUT2D eigenvalue weighted by atomic mass is 9.90. The van der Waals surface area contributed by atoms with Gasteiger partial charge in [0, 0.05) is 35.4 Å². The number of rotatable bonds is 12. The number of carbonyl (C=O) groups is 2. The van der Waals surface area contributed by atoms with Gasteiger partial charge in [-0.05, 0) is 74.5 Å². The number of hydrogen-bond acceptors (Lipinski definition) is 11. The van der Waals surface area contributed by atoms with Crippen LogP contribution >= 0.6 is 23.2 Å². The van der Waals surface area contributed by atoms with Gasteiger partial charge in [0.15, 0.2) is 5.82 Å². The van der Waals surface area contributed by atoms with E-state index >= 15 is 0 Å². The quantitative estimate of drug-likeness (QED) is 0.0684. The lowest BCUT2D eigenvalue weighted by Crippen LogP contribution is -2.22. The van der Waals surface area contributed by atoms with E-state index in [1.165, 1.54) is 47.1 Å². The molecule has 5 rings (SSSR count). The fourth-order valence-corrected chi connectivity index (χ4v) is 7.66. The lowest BCUT2D eigenvalue weighted by Gasteiger charge is -2.22. The monoisotopic (exact) mass is 866 g/mol. The zero-order valence-corrected chi connectivity index (χ0v) is 34.7. The predicted molar refractivity (Wildman–Crippen MR) is 220 cm³/mol. The molecule has 58 heavy (non-hydrogen) atoms. The molecule has 0 bridgehead atoms. The van der Waals surface area contributed by atoms with Gasteiger partial charge < -0.3 is 15.5 Å². The number of hydrogen-bond donors (Lipinski definition) is 4. The number of amides is 2. The van der Waals surface area contributed by atoms with Crippen LogP contribution in [0.4, 0.5) is 28.6 Å². The molecular formula is C38H36Cl2N8O8S2. The molecular weight excluding hydrogens is 832 g/mol. The maximum absolute atomic E-state index is 13.6. The maximum atomic E-state index is 13.6. The molecule has 2 amide bonds. The molecule has 0 aliphatic carbocycles. The number of carbonyl (C=O) groups excluding carboxylic acids is 2. The van der Waals surface area contributed by atoms with Crippen LogP contribution in [0.5, 0.6) is 0 Å². The Labute approximate surface area is 344 Å². The normalized spacial score (nSPS) is 12.0. The van der Waals surface area contributed by atoms with Gasteiger partial charge in [-0.15, -0.1) is 10.2 Å². The van der Waals surface area contributed by atoms with E-state index in [1.54, 1.807) is 18.2 Å². The molecule has 302 valence electrons. The second-order valence-electron chi connectivity index (χ2n) is 13.6. The molecule has 0 aliphatic rings. The summed E-state index contributed by atoms with van der Waals surface area (Å²) in [6.45, 7) is 10.6. The van der Waals surface area contributed by atoms with Crippen LogP contribution in [0.1, 0.15) is 66.6 Å². The molecule has 0 fully saturated rings. The van der Waals surface area contributed by atoms with Crippen molar-refractivity contribution in [2.45, 2.75) is 49.8 Å². The zero-order valence-electron chi connectivity index (χ0n) is 31.5. The van der Waals surface area contributed by atoms with Gasteiger partial charge >= 0.3 is 0 Å². The standard InChI is InChI=1S/C38H36Cl2N8O8S2/c1-6-47(7-2)24-15-16-30(31(20-24)43-37(50)26-13-8-9-14-32(26)58(54,55)56)44-45-35-27(21-41)34(38(3,4)5)46-48(35)33-28(39)18-23(19-29(33)40)42-36(49)22-11-10-12-25(17-22)57(51,52)53/h8-20H,6-7H2,1-5H3,(H,42,49)(H,43,50)(H,51,52,53)(H,54,55,56). The molecule has 4 aromatic carbocycles. The summed E-state index contributed by atoms with van der Waals surface area (Å²) in [6.07, 6.45) is 0. The van der Waals surface area contributed by atoms with E-state index in [9.17, 15) is 40.8 Å². The first-order chi connectivity index (χ1) is 27.2. The Hall–Kier alpha value is -5.68. The first-order valence-corrected chi connectivity index (χ1v) is 20.9. The maximum Gasteiger partial charge on any atom is 0.295 e. The van der Waals surface area contributed by atoms with Crippen molar-refractivity contribution in [3.63, 3.8) is 0 Å². The molecule has 0 atom stereocenters. The number of aromatic nitrogens is 2. The third-order valence-electron chi connectivity index (χ3n) is 8.58. The van der Waals surface area contributed by atoms with E-state index in [2.05, 4.69) is 32.0 Å². The Kier molecular flexibility index (Phi) is 12.8. The summed E-state index contributed by atoms with van der Waals surface area (Å²) in [5.74, 6) is -1.70. The zero-order chi connectivity index (χ0) is 42.7. The summed E-state index contributed by atoms with van der Waals surface area (Å²) >= 11 is 13.6. The first kappa shape index (κ1) is 43.4. The fourth-order valence-electron chi connectivity index (χ4n) is 5.79. The highest BCUT2D eigenvalue weighted by Crippen LogP contribution is 2.40. The Balaban J connectivity index is 1.61. The summed E-state index contributed by atoms with van der Waals surface area (Å²) in [7, 11) is -9.34. The van der Waals surface area contributed by atoms with Crippen molar-refractivity contribution in [2.24, 2.45) is 10.2 Å². The van der Waals surface area contributed by atoms with E-state index in [1.807, 2.05) is 39.5 Å². The van der Waals surface area contributed by atoms with Gasteiger partial charge in [0.1, 0.15) is 27.9 Å². The van der Waals surface area contributed by atoms with E-state index in [0.717, 1.165) is 18.2 Å². The van der Waals surface area contributed by atoms with Crippen molar-refractivity contribution in [2.75, 3.05) is 28.6 Å². The van der Waals surface area contributed by atoms with Gasteiger partial charge in [-0.2, -0.15) is 27.2 Å². The Morgan fingerprint density at radius 3 is 2.10 bits per heavy atom. The van der Waals surface area contributed by atoms with E-state index in [4.69, 9.17) is 23.2 Å². The smallest absolute Gasteiger partial charge is 0.295 e. The molecule has 0 saturated heterocycles. The van der Waals surface area contributed by atoms with Crippen molar-refractivity contribution in [1.82, 2.24) is 9.78 Å². The molecule has 0 unspecified atom stereocenters. The number of benzene rings is 4. The van der Waals surface area contributed by atoms with Crippen LogP contribution < -0.4 is 15.5 Å². The second-order valence-corrected chi connectivity index (χ2v) is 17.2. The fraction of sp³-hybridized carbons (Fsp3) is 0.211. The molecule has 20 heteroatoms. The number of nitriles is 1. The minimum Gasteiger partial charge on any atom is -0.372 e. The Bertz CT molecular complexity index is 2720. The van der Waals surface area contributed by atoms with Crippen molar-refractivity contribution >= 4 is 83.8 Å². The van der Waals surface area contributed by atoms with Crippen LogP contribution in [0.15, 0.2) is 98.9 Å². The molecule has 0 spiro atoms. The van der Waals surface area contributed by atoms with Crippen molar-refractivity contribution in [1.29, 1.82) is 5.26 Å². The highest BCUT2D eigenvalue weighted by molar-refractivity contribution is 7.86. The molecule has 0 aliphatic heterocycles. The Morgan fingerprint density at radius 1 is 0.862 bits per heavy atom. The predicted octanol–water partition coefficient (Wildman–Crippen LogP) is 8.61. The molecule has 1 heterocycles. The van der Waals surface area contributed by atoms with Crippen molar-refractivity contribution in [3.8, 4) is 11.8 Å². The topological polar surface area (TPSA) is 237 Å². The summed E-state index contributed by atoms with van der Waals surface area (Å²) in [6, 6.07) is 19.7. The first-order valence-electron chi connectivity index (χ1n) is 17.3. The number of halogens is 2. The van der Waals surface area contributed by atoms with Crippen molar-refractivity contribution < 1.29 is 35.5 Å². The number of anilines is 3. The summed E-state index contributed by atoms with van der Waals surface area (Å²) in [4.78, 5) is 27.5. The number of azo groups is 1. The van der Waals surface area contributed by atoms with Gasteiger partial charge in [-0.3, -0.25) is 18.7 Å². The van der Waals surface area contributed by atoms with Crippen LogP contribution in [0.25, 0.3) is 5.69 Å². The summed E-state index contributed by atoms with van der Waals surface area (Å²) in [5.41, 5.74) is 0.269. The van der Waals surface area contributed by atoms with E-state index in [0.29, 0.717) is 24.5 Å². The average molecular weight is 868 g/mol. The van der Waals surface area contributed by atoms with Gasteiger partial charge in [0.25, 0.3) is 32.1 Å². The third kappa shape index (κ3) is 9.53. The second kappa shape index (κ2) is 17.0. The highest BCUT2D eigenvalue weighted by atomic mass is 35.5. The SMILES string of the molecule is CCN(CC)c1ccc(N=Nc2c(C#N)c(C(C)(C)C)nn2-c2c(Cl)cc(NC(=O)c3cccc(S(=O)(=O)O)c3)cc2Cl)c(NC(=O)c2ccccc2S(=O)(=O)O)c1. The van der Waals surface area contributed by atoms with Gasteiger partial charge in [0.05, 0.1) is 31.9 Å².